The molecule has 4 rings (SSSR count). The summed E-state index contributed by atoms with van der Waals surface area (Å²) in [7, 11) is 0. The van der Waals surface area contributed by atoms with Gasteiger partial charge in [-0.2, -0.15) is 5.10 Å². The lowest BCUT2D eigenvalue weighted by Crippen LogP contribution is -2.21. The molecule has 1 N–H and O–H groups in total. The molecule has 31 heavy (non-hydrogen) atoms. The fraction of sp³-hybridized carbons (Fsp3) is 0.0476. The van der Waals surface area contributed by atoms with E-state index in [1.54, 1.807) is 60.1 Å². The zero-order valence-electron chi connectivity index (χ0n) is 16.0. The van der Waals surface area contributed by atoms with Gasteiger partial charge in [0.25, 0.3) is 5.91 Å². The first-order valence-electron chi connectivity index (χ1n) is 9.10. The Morgan fingerprint density at radius 3 is 2.71 bits per heavy atom. The summed E-state index contributed by atoms with van der Waals surface area (Å²) in [5, 5.41) is 13.1. The molecule has 1 amide bonds. The summed E-state index contributed by atoms with van der Waals surface area (Å²) in [6, 6.07) is 18.3. The summed E-state index contributed by atoms with van der Waals surface area (Å²) in [6.45, 7) is 0. The molecule has 0 fully saturated rings. The molecule has 0 bridgehead atoms. The fourth-order valence-corrected chi connectivity index (χ4v) is 4.43. The van der Waals surface area contributed by atoms with E-state index in [9.17, 15) is 4.79 Å². The Morgan fingerprint density at radius 2 is 1.94 bits per heavy atom. The van der Waals surface area contributed by atoms with Gasteiger partial charge in [-0.05, 0) is 48.5 Å². The first kappa shape index (κ1) is 21.1. The van der Waals surface area contributed by atoms with E-state index in [1.807, 2.05) is 24.3 Å². The Bertz CT molecular complexity index is 1210. The van der Waals surface area contributed by atoms with Crippen molar-refractivity contribution in [3.05, 3.63) is 83.6 Å². The quantitative estimate of drug-likeness (QED) is 0.130. The van der Waals surface area contributed by atoms with Crippen molar-refractivity contribution < 1.29 is 4.79 Å². The summed E-state index contributed by atoms with van der Waals surface area (Å²) in [5.41, 5.74) is 4.69. The minimum Gasteiger partial charge on any atom is -0.272 e. The molecule has 2 aromatic heterocycles. The van der Waals surface area contributed by atoms with Gasteiger partial charge in [-0.3, -0.25) is 9.78 Å². The maximum atomic E-state index is 12.3. The van der Waals surface area contributed by atoms with Crippen LogP contribution in [-0.2, 0) is 4.79 Å². The van der Waals surface area contributed by atoms with Gasteiger partial charge in [0.15, 0.2) is 4.34 Å². The summed E-state index contributed by atoms with van der Waals surface area (Å²) < 4.78 is 1.92. The van der Waals surface area contributed by atoms with Crippen molar-refractivity contribution in [1.82, 2.24) is 15.4 Å². The minimum absolute atomic E-state index is 0.179. The Labute approximate surface area is 191 Å². The molecule has 0 radical (unpaired) electrons. The lowest BCUT2D eigenvalue weighted by Gasteiger charge is -2.02. The number of thiazole rings is 1. The van der Waals surface area contributed by atoms with Crippen molar-refractivity contribution in [3.8, 4) is 0 Å². The number of carbonyl (C=O) groups excluding carboxylic acids is 1. The van der Waals surface area contributed by atoms with Gasteiger partial charge in [0.1, 0.15) is 0 Å². The lowest BCUT2D eigenvalue weighted by atomic mass is 10.3. The van der Waals surface area contributed by atoms with E-state index in [-0.39, 0.29) is 17.5 Å². The SMILES string of the molecule is O=C(CSc1nc2ccccc2s1)N/N=C(/N=Nc1ccc(Cl)cc1)c1cccnc1. The highest BCUT2D eigenvalue weighted by atomic mass is 35.5. The molecule has 0 saturated carbocycles. The number of amidine groups is 1. The zero-order valence-corrected chi connectivity index (χ0v) is 18.4. The number of nitrogens with one attached hydrogen (secondary N) is 1. The molecule has 2 aromatic carbocycles. The van der Waals surface area contributed by atoms with Crippen LogP contribution in [0.15, 0.2) is 92.7 Å². The predicted octanol–water partition coefficient (Wildman–Crippen LogP) is 5.70. The molecule has 0 aliphatic rings. The van der Waals surface area contributed by atoms with Crippen molar-refractivity contribution in [1.29, 1.82) is 0 Å². The van der Waals surface area contributed by atoms with Crippen LogP contribution in [0.25, 0.3) is 10.2 Å². The number of hydrogen-bond donors (Lipinski definition) is 1. The molecule has 2 heterocycles. The third kappa shape index (κ3) is 5.94. The molecule has 0 aliphatic heterocycles. The van der Waals surface area contributed by atoms with Gasteiger partial charge in [0.2, 0.25) is 5.84 Å². The lowest BCUT2D eigenvalue weighted by molar-refractivity contribution is -0.118. The molecule has 0 unspecified atom stereocenters. The van der Waals surface area contributed by atoms with Crippen molar-refractivity contribution in [2.24, 2.45) is 15.3 Å². The highest BCUT2D eigenvalue weighted by molar-refractivity contribution is 8.01. The van der Waals surface area contributed by atoms with Gasteiger partial charge in [-0.1, -0.05) is 35.5 Å². The van der Waals surface area contributed by atoms with Crippen molar-refractivity contribution in [2.45, 2.75) is 4.34 Å². The van der Waals surface area contributed by atoms with E-state index < -0.39 is 0 Å². The van der Waals surface area contributed by atoms with E-state index in [1.165, 1.54) is 11.8 Å². The van der Waals surface area contributed by atoms with E-state index in [0.717, 1.165) is 14.6 Å². The zero-order chi connectivity index (χ0) is 21.5. The van der Waals surface area contributed by atoms with Crippen LogP contribution < -0.4 is 5.43 Å². The van der Waals surface area contributed by atoms with Crippen LogP contribution in [0.2, 0.25) is 5.02 Å². The van der Waals surface area contributed by atoms with Crippen LogP contribution in [0.4, 0.5) is 5.69 Å². The Balaban J connectivity index is 1.43. The van der Waals surface area contributed by atoms with Crippen molar-refractivity contribution >= 4 is 62.3 Å². The van der Waals surface area contributed by atoms with E-state index in [2.05, 4.69) is 30.7 Å². The average Bonchev–Trinajstić information content (AvgIpc) is 3.22. The van der Waals surface area contributed by atoms with Gasteiger partial charge >= 0.3 is 0 Å². The van der Waals surface area contributed by atoms with Crippen molar-refractivity contribution in [3.63, 3.8) is 0 Å². The summed E-state index contributed by atoms with van der Waals surface area (Å²) >= 11 is 8.81. The molecule has 7 nitrogen and oxygen atoms in total. The molecule has 0 aliphatic carbocycles. The van der Waals surface area contributed by atoms with E-state index in [0.29, 0.717) is 16.3 Å². The highest BCUT2D eigenvalue weighted by Crippen LogP contribution is 2.29. The van der Waals surface area contributed by atoms with Gasteiger partial charge in [-0.15, -0.1) is 21.6 Å². The molecular formula is C21H15ClN6OS2. The first-order chi connectivity index (χ1) is 15.2. The van der Waals surface area contributed by atoms with Crippen LogP contribution in [0.5, 0.6) is 0 Å². The van der Waals surface area contributed by atoms with Crippen LogP contribution in [-0.4, -0.2) is 27.5 Å². The second kappa shape index (κ2) is 10.3. The number of hydrazone groups is 1. The normalized spacial score (nSPS) is 11.8. The fourth-order valence-electron chi connectivity index (χ4n) is 2.44. The Kier molecular flexibility index (Phi) is 6.98. The number of pyridine rings is 1. The number of nitrogens with zero attached hydrogens (tertiary/aromatic N) is 5. The Morgan fingerprint density at radius 1 is 1.10 bits per heavy atom. The van der Waals surface area contributed by atoms with Crippen LogP contribution in [0, 0.1) is 0 Å². The topological polar surface area (TPSA) is 92.0 Å². The number of carbonyl (C=O) groups is 1. The number of halogens is 1. The predicted molar refractivity (Wildman–Crippen MR) is 125 cm³/mol. The molecular weight excluding hydrogens is 452 g/mol. The van der Waals surface area contributed by atoms with Crippen LogP contribution >= 0.6 is 34.7 Å². The minimum atomic E-state index is -0.271. The number of hydrogen-bond acceptors (Lipinski definition) is 7. The van der Waals surface area contributed by atoms with Gasteiger partial charge < -0.3 is 0 Å². The number of aromatic nitrogens is 2. The van der Waals surface area contributed by atoms with Crippen molar-refractivity contribution in [2.75, 3.05) is 5.75 Å². The monoisotopic (exact) mass is 466 g/mol. The van der Waals surface area contributed by atoms with Gasteiger partial charge in [-0.25, -0.2) is 10.4 Å². The second-order valence-electron chi connectivity index (χ2n) is 6.12. The second-order valence-corrected chi connectivity index (χ2v) is 8.81. The molecule has 0 saturated heterocycles. The summed E-state index contributed by atoms with van der Waals surface area (Å²) in [4.78, 5) is 20.9. The maximum absolute atomic E-state index is 12.3. The van der Waals surface area contributed by atoms with E-state index in [4.69, 9.17) is 11.6 Å². The number of para-hydroxylation sites is 1. The number of benzene rings is 2. The first-order valence-corrected chi connectivity index (χ1v) is 11.3. The number of fused-ring (bicyclic) bond motifs is 1. The smallest absolute Gasteiger partial charge is 0.250 e. The third-order valence-electron chi connectivity index (χ3n) is 3.89. The van der Waals surface area contributed by atoms with E-state index >= 15 is 0 Å². The number of amides is 1. The van der Waals surface area contributed by atoms with Gasteiger partial charge in [0.05, 0.1) is 21.7 Å². The van der Waals surface area contributed by atoms with Gasteiger partial charge in [0, 0.05) is 23.0 Å². The molecule has 10 heteroatoms. The van der Waals surface area contributed by atoms with Crippen LogP contribution in [0.3, 0.4) is 0 Å². The molecule has 0 spiro atoms. The standard InChI is InChI=1S/C21H15ClN6OS2/c22-15-7-9-16(10-8-15)25-27-20(14-4-3-11-23-12-14)28-26-19(29)13-30-21-24-17-5-1-2-6-18(17)31-21/h1-12H,13H2,(H,26,29)/b27-25?,28-20+. The Hall–Kier alpha value is -3.14. The maximum Gasteiger partial charge on any atom is 0.250 e. The van der Waals surface area contributed by atoms with Crippen LogP contribution in [0.1, 0.15) is 5.56 Å². The third-order valence-corrected chi connectivity index (χ3v) is 6.33. The average molecular weight is 467 g/mol. The summed E-state index contributed by atoms with van der Waals surface area (Å²) in [5.74, 6) is 0.145. The number of thioether (sulfide) groups is 1. The number of rotatable bonds is 6. The molecule has 4 aromatic rings. The number of azo groups is 1. The highest BCUT2D eigenvalue weighted by Gasteiger charge is 2.09. The molecule has 154 valence electrons. The molecule has 0 atom stereocenters. The largest absolute Gasteiger partial charge is 0.272 e. The summed E-state index contributed by atoms with van der Waals surface area (Å²) in [6.07, 6.45) is 3.24.